The van der Waals surface area contributed by atoms with Crippen molar-refractivity contribution in [3.63, 3.8) is 0 Å². The summed E-state index contributed by atoms with van der Waals surface area (Å²) in [4.78, 5) is 16.9. The number of benzene rings is 1. The molecule has 5 nitrogen and oxygen atoms in total. The van der Waals surface area contributed by atoms with Crippen LogP contribution in [-0.4, -0.2) is 21.3 Å². The highest BCUT2D eigenvalue weighted by Gasteiger charge is 2.19. The number of pyridine rings is 1. The second kappa shape index (κ2) is 10.7. The van der Waals surface area contributed by atoms with Crippen molar-refractivity contribution in [3.8, 4) is 0 Å². The summed E-state index contributed by atoms with van der Waals surface area (Å²) >= 11 is 1.48. The van der Waals surface area contributed by atoms with Gasteiger partial charge in [0.1, 0.15) is 0 Å². The molecule has 0 saturated carbocycles. The normalized spacial score (nSPS) is 11.8. The van der Waals surface area contributed by atoms with Gasteiger partial charge in [-0.05, 0) is 42.8 Å². The van der Waals surface area contributed by atoms with Crippen LogP contribution < -0.4 is 10.8 Å². The number of carbonyl (C=O) groups is 1. The molecule has 2 aromatic rings. The summed E-state index contributed by atoms with van der Waals surface area (Å²) in [6.45, 7) is 2.16. The molecule has 2 rings (SSSR count). The maximum atomic E-state index is 11.9. The maximum absolute atomic E-state index is 11.9. The van der Waals surface area contributed by atoms with E-state index in [4.69, 9.17) is 5.21 Å². The molecule has 0 fully saturated rings. The molecule has 0 aliphatic heterocycles. The van der Waals surface area contributed by atoms with E-state index in [-0.39, 0.29) is 11.2 Å². The summed E-state index contributed by atoms with van der Waals surface area (Å²) < 4.78 is 0. The van der Waals surface area contributed by atoms with Crippen molar-refractivity contribution in [2.45, 2.75) is 49.2 Å². The van der Waals surface area contributed by atoms with Crippen LogP contribution in [0.25, 0.3) is 0 Å². The number of rotatable bonds is 10. The SMILES string of the molecule is CCCCCCC(Sc1ccc(Nc2ccncc2)cc1)C(=O)NO. The van der Waals surface area contributed by atoms with Gasteiger partial charge in [0.2, 0.25) is 0 Å². The van der Waals surface area contributed by atoms with Gasteiger partial charge in [0.05, 0.1) is 5.25 Å². The molecular formula is C19H25N3O2S. The van der Waals surface area contributed by atoms with E-state index in [9.17, 15) is 4.79 Å². The van der Waals surface area contributed by atoms with Crippen LogP contribution in [0, 0.1) is 0 Å². The van der Waals surface area contributed by atoms with Gasteiger partial charge in [-0.1, -0.05) is 32.6 Å². The highest BCUT2D eigenvalue weighted by Crippen LogP contribution is 2.29. The molecule has 0 saturated heterocycles. The molecular weight excluding hydrogens is 334 g/mol. The summed E-state index contributed by atoms with van der Waals surface area (Å²) in [7, 11) is 0. The van der Waals surface area contributed by atoms with Gasteiger partial charge in [0.15, 0.2) is 0 Å². The van der Waals surface area contributed by atoms with Crippen LogP contribution in [0.2, 0.25) is 0 Å². The van der Waals surface area contributed by atoms with E-state index < -0.39 is 0 Å². The number of carbonyl (C=O) groups excluding carboxylic acids is 1. The monoisotopic (exact) mass is 359 g/mol. The Morgan fingerprint density at radius 3 is 2.40 bits per heavy atom. The number of nitrogens with zero attached hydrogens (tertiary/aromatic N) is 1. The van der Waals surface area contributed by atoms with Gasteiger partial charge in [-0.2, -0.15) is 0 Å². The number of nitrogens with one attached hydrogen (secondary N) is 2. The van der Waals surface area contributed by atoms with Gasteiger partial charge in [0.25, 0.3) is 5.91 Å². The molecule has 3 N–H and O–H groups in total. The molecule has 134 valence electrons. The number of amides is 1. The standard InChI is InChI=1S/C19H25N3O2S/c1-2-3-4-5-6-18(19(23)22-24)25-17-9-7-15(8-10-17)21-16-11-13-20-14-12-16/h7-14,18,24H,2-6H2,1H3,(H,20,21)(H,22,23). The molecule has 0 bridgehead atoms. The first kappa shape index (κ1) is 19.3. The molecule has 1 amide bonds. The van der Waals surface area contributed by atoms with Gasteiger partial charge in [0, 0.05) is 28.7 Å². The minimum Gasteiger partial charge on any atom is -0.355 e. The molecule has 0 radical (unpaired) electrons. The Balaban J connectivity index is 1.93. The van der Waals surface area contributed by atoms with Gasteiger partial charge < -0.3 is 5.32 Å². The van der Waals surface area contributed by atoms with E-state index in [1.165, 1.54) is 18.2 Å². The van der Waals surface area contributed by atoms with Crippen molar-refractivity contribution in [3.05, 3.63) is 48.8 Å². The Bertz CT molecular complexity index is 635. The molecule has 0 spiro atoms. The van der Waals surface area contributed by atoms with Gasteiger partial charge in [-0.25, -0.2) is 5.48 Å². The first-order valence-corrected chi connectivity index (χ1v) is 9.48. The molecule has 1 aromatic carbocycles. The summed E-state index contributed by atoms with van der Waals surface area (Å²) in [5.74, 6) is -0.333. The smallest absolute Gasteiger partial charge is 0.256 e. The van der Waals surface area contributed by atoms with E-state index in [0.29, 0.717) is 0 Å². The number of aromatic nitrogens is 1. The lowest BCUT2D eigenvalue weighted by atomic mass is 10.1. The van der Waals surface area contributed by atoms with Crippen LogP contribution in [-0.2, 0) is 4.79 Å². The quantitative estimate of drug-likeness (QED) is 0.247. The van der Waals surface area contributed by atoms with Crippen molar-refractivity contribution < 1.29 is 10.0 Å². The third kappa shape index (κ3) is 6.76. The zero-order chi connectivity index (χ0) is 17.9. The van der Waals surface area contributed by atoms with Crippen LogP contribution in [0.3, 0.4) is 0 Å². The molecule has 1 aromatic heterocycles. The van der Waals surface area contributed by atoms with E-state index >= 15 is 0 Å². The Labute approximate surface area is 153 Å². The number of anilines is 2. The summed E-state index contributed by atoms with van der Waals surface area (Å²) in [5.41, 5.74) is 3.74. The average Bonchev–Trinajstić information content (AvgIpc) is 2.66. The lowest BCUT2D eigenvalue weighted by molar-refractivity contribution is -0.128. The minimum absolute atomic E-state index is 0.277. The summed E-state index contributed by atoms with van der Waals surface area (Å²) in [6.07, 6.45) is 8.67. The van der Waals surface area contributed by atoms with Crippen LogP contribution in [0.15, 0.2) is 53.7 Å². The van der Waals surface area contributed by atoms with Crippen molar-refractivity contribution in [2.24, 2.45) is 0 Å². The Morgan fingerprint density at radius 1 is 1.08 bits per heavy atom. The molecule has 0 aliphatic carbocycles. The predicted molar refractivity (Wildman–Crippen MR) is 102 cm³/mol. The predicted octanol–water partition coefficient (Wildman–Crippen LogP) is 4.76. The molecule has 25 heavy (non-hydrogen) atoms. The van der Waals surface area contributed by atoms with Gasteiger partial charge >= 0.3 is 0 Å². The zero-order valence-electron chi connectivity index (χ0n) is 14.4. The maximum Gasteiger partial charge on any atom is 0.256 e. The molecule has 0 aliphatic rings. The number of hydroxylamine groups is 1. The highest BCUT2D eigenvalue weighted by molar-refractivity contribution is 8.00. The number of hydrogen-bond donors (Lipinski definition) is 3. The highest BCUT2D eigenvalue weighted by atomic mass is 32.2. The first-order chi connectivity index (χ1) is 12.2. The van der Waals surface area contributed by atoms with Crippen LogP contribution in [0.1, 0.15) is 39.0 Å². The second-order valence-electron chi connectivity index (χ2n) is 5.82. The van der Waals surface area contributed by atoms with Crippen LogP contribution >= 0.6 is 11.8 Å². The van der Waals surface area contributed by atoms with Gasteiger partial charge in [-0.3, -0.25) is 15.0 Å². The van der Waals surface area contributed by atoms with E-state index in [1.807, 2.05) is 36.4 Å². The topological polar surface area (TPSA) is 74.2 Å². The van der Waals surface area contributed by atoms with E-state index in [1.54, 1.807) is 17.9 Å². The van der Waals surface area contributed by atoms with Gasteiger partial charge in [-0.15, -0.1) is 11.8 Å². The van der Waals surface area contributed by atoms with Crippen LogP contribution in [0.5, 0.6) is 0 Å². The third-order valence-electron chi connectivity index (χ3n) is 3.82. The third-order valence-corrected chi connectivity index (χ3v) is 5.10. The van der Waals surface area contributed by atoms with E-state index in [2.05, 4.69) is 17.2 Å². The minimum atomic E-state index is -0.333. The zero-order valence-corrected chi connectivity index (χ0v) is 15.3. The molecule has 6 heteroatoms. The Morgan fingerprint density at radius 2 is 1.76 bits per heavy atom. The fraction of sp³-hybridized carbons (Fsp3) is 0.368. The largest absolute Gasteiger partial charge is 0.355 e. The lowest BCUT2D eigenvalue weighted by Crippen LogP contribution is -2.30. The Hall–Kier alpha value is -2.05. The molecule has 1 unspecified atom stereocenters. The number of hydrogen-bond acceptors (Lipinski definition) is 5. The van der Waals surface area contributed by atoms with Crippen molar-refractivity contribution in [2.75, 3.05) is 5.32 Å². The fourth-order valence-corrected chi connectivity index (χ4v) is 3.52. The first-order valence-electron chi connectivity index (χ1n) is 8.60. The van der Waals surface area contributed by atoms with E-state index in [0.717, 1.165) is 42.0 Å². The number of thioether (sulfide) groups is 1. The average molecular weight is 359 g/mol. The van der Waals surface area contributed by atoms with Crippen molar-refractivity contribution in [1.29, 1.82) is 0 Å². The number of unbranched alkanes of at least 4 members (excludes halogenated alkanes) is 3. The Kier molecular flexibility index (Phi) is 8.28. The van der Waals surface area contributed by atoms with Crippen LogP contribution in [0.4, 0.5) is 11.4 Å². The summed E-state index contributed by atoms with van der Waals surface area (Å²) in [6, 6.07) is 11.7. The van der Waals surface area contributed by atoms with Crippen molar-refractivity contribution in [1.82, 2.24) is 10.5 Å². The second-order valence-corrected chi connectivity index (χ2v) is 7.09. The summed E-state index contributed by atoms with van der Waals surface area (Å²) in [5, 5.41) is 12.0. The lowest BCUT2D eigenvalue weighted by Gasteiger charge is -2.15. The fourth-order valence-electron chi connectivity index (χ4n) is 2.46. The molecule has 1 heterocycles. The van der Waals surface area contributed by atoms with Crippen molar-refractivity contribution >= 4 is 29.0 Å². The molecule has 1 atom stereocenters.